The second-order valence-electron chi connectivity index (χ2n) is 6.88. The fraction of sp³-hybridized carbons (Fsp3) is 0.250. The zero-order valence-electron chi connectivity index (χ0n) is 15.6. The molecule has 1 aliphatic rings. The highest BCUT2D eigenvalue weighted by atomic mass is 35.5. The number of imide groups is 1. The maximum atomic E-state index is 12.8. The largest absolute Gasteiger partial charge is 0.344 e. The molecule has 0 aliphatic carbocycles. The van der Waals surface area contributed by atoms with Crippen molar-refractivity contribution in [2.75, 3.05) is 6.54 Å². The van der Waals surface area contributed by atoms with Gasteiger partial charge in [0.1, 0.15) is 11.6 Å². The molecule has 2 aromatic carbocycles. The van der Waals surface area contributed by atoms with Gasteiger partial charge in [-0.2, -0.15) is 5.01 Å². The minimum atomic E-state index is -1.22. The van der Waals surface area contributed by atoms with Crippen molar-refractivity contribution >= 4 is 29.4 Å². The molecule has 1 fully saturated rings. The van der Waals surface area contributed by atoms with Crippen LogP contribution >= 0.6 is 11.6 Å². The van der Waals surface area contributed by atoms with Crippen LogP contribution in [0.4, 0.5) is 4.79 Å². The Balaban J connectivity index is 1.60. The number of hydrazine groups is 1. The van der Waals surface area contributed by atoms with Gasteiger partial charge in [-0.1, -0.05) is 54.1 Å². The Morgan fingerprint density at radius 1 is 1.18 bits per heavy atom. The molecule has 4 N–H and O–H groups in total. The standard InChI is InChI=1S/C20H21ClN4O3/c1-13(14-8-10-16(21)11-9-14)22-12-17(26)24-25-18(27)20(2,23-19(25)28)15-6-4-3-5-7-15/h3-11,13,22H,12H2,1-2H3,(H,23,28)(H,24,26)/p+1/t13-,20+/m1/s1. The highest BCUT2D eigenvalue weighted by Gasteiger charge is 2.50. The first-order valence-electron chi connectivity index (χ1n) is 8.92. The summed E-state index contributed by atoms with van der Waals surface area (Å²) in [6.07, 6.45) is 0. The van der Waals surface area contributed by atoms with Crippen molar-refractivity contribution in [3.63, 3.8) is 0 Å². The molecule has 146 valence electrons. The number of quaternary nitrogens is 1. The second kappa shape index (κ2) is 8.00. The third kappa shape index (κ3) is 4.00. The molecule has 2 aromatic rings. The molecule has 0 spiro atoms. The van der Waals surface area contributed by atoms with Gasteiger partial charge >= 0.3 is 6.03 Å². The van der Waals surface area contributed by atoms with Gasteiger partial charge in [-0.05, 0) is 31.5 Å². The molecule has 4 amide bonds. The van der Waals surface area contributed by atoms with Crippen LogP contribution in [0, 0.1) is 0 Å². The summed E-state index contributed by atoms with van der Waals surface area (Å²) in [7, 11) is 0. The molecule has 0 aromatic heterocycles. The van der Waals surface area contributed by atoms with Gasteiger partial charge < -0.3 is 10.6 Å². The number of nitrogens with zero attached hydrogens (tertiary/aromatic N) is 1. The van der Waals surface area contributed by atoms with Crippen molar-refractivity contribution in [2.24, 2.45) is 0 Å². The summed E-state index contributed by atoms with van der Waals surface area (Å²) in [4.78, 5) is 37.3. The molecule has 7 nitrogen and oxygen atoms in total. The highest BCUT2D eigenvalue weighted by molar-refractivity contribution is 6.30. The number of nitrogens with one attached hydrogen (secondary N) is 2. The molecule has 1 saturated heterocycles. The maximum absolute atomic E-state index is 12.8. The summed E-state index contributed by atoms with van der Waals surface area (Å²) in [6.45, 7) is 3.63. The smallest absolute Gasteiger partial charge is 0.332 e. The zero-order valence-corrected chi connectivity index (χ0v) is 16.4. The fourth-order valence-electron chi connectivity index (χ4n) is 3.06. The number of hydrogen-bond donors (Lipinski definition) is 3. The van der Waals surface area contributed by atoms with Gasteiger partial charge in [0.15, 0.2) is 6.54 Å². The molecule has 2 atom stereocenters. The fourth-order valence-corrected chi connectivity index (χ4v) is 3.19. The van der Waals surface area contributed by atoms with E-state index in [4.69, 9.17) is 11.6 Å². The summed E-state index contributed by atoms with van der Waals surface area (Å²) < 4.78 is 0. The average Bonchev–Trinajstić information content (AvgIpc) is 2.91. The lowest BCUT2D eigenvalue weighted by Crippen LogP contribution is -2.87. The Hall–Kier alpha value is -2.90. The van der Waals surface area contributed by atoms with Gasteiger partial charge in [-0.3, -0.25) is 15.0 Å². The van der Waals surface area contributed by atoms with Gasteiger partial charge in [0, 0.05) is 10.6 Å². The van der Waals surface area contributed by atoms with E-state index in [0.717, 1.165) is 10.6 Å². The maximum Gasteiger partial charge on any atom is 0.344 e. The average molecular weight is 402 g/mol. The number of halogens is 1. The molecular formula is C20H22ClN4O3+. The van der Waals surface area contributed by atoms with E-state index in [2.05, 4.69) is 10.7 Å². The molecule has 1 aliphatic heterocycles. The topological polar surface area (TPSA) is 95.1 Å². The molecule has 0 radical (unpaired) electrons. The highest BCUT2D eigenvalue weighted by Crippen LogP contribution is 2.27. The zero-order chi connectivity index (χ0) is 20.3. The Morgan fingerprint density at radius 2 is 1.82 bits per heavy atom. The van der Waals surface area contributed by atoms with Crippen LogP contribution in [0.15, 0.2) is 54.6 Å². The molecule has 3 rings (SSSR count). The summed E-state index contributed by atoms with van der Waals surface area (Å²) in [5.74, 6) is -0.968. The van der Waals surface area contributed by atoms with E-state index in [9.17, 15) is 14.4 Å². The minimum absolute atomic E-state index is 0.0145. The Morgan fingerprint density at radius 3 is 2.46 bits per heavy atom. The number of carbonyl (C=O) groups is 3. The van der Waals surface area contributed by atoms with Crippen molar-refractivity contribution in [1.82, 2.24) is 15.8 Å². The van der Waals surface area contributed by atoms with Crippen LogP contribution in [0.5, 0.6) is 0 Å². The van der Waals surface area contributed by atoms with Gasteiger partial charge in [-0.15, -0.1) is 0 Å². The van der Waals surface area contributed by atoms with E-state index in [1.54, 1.807) is 43.3 Å². The number of carbonyl (C=O) groups excluding carboxylic acids is 3. The number of nitrogens with two attached hydrogens (primary N) is 1. The van der Waals surface area contributed by atoms with E-state index < -0.39 is 23.4 Å². The van der Waals surface area contributed by atoms with Crippen molar-refractivity contribution in [3.8, 4) is 0 Å². The van der Waals surface area contributed by atoms with Crippen LogP contribution in [-0.4, -0.2) is 29.4 Å². The Bertz CT molecular complexity index is 888. The molecule has 0 saturated carbocycles. The second-order valence-corrected chi connectivity index (χ2v) is 7.31. The van der Waals surface area contributed by atoms with Crippen LogP contribution < -0.4 is 16.1 Å². The van der Waals surface area contributed by atoms with Crippen LogP contribution in [0.1, 0.15) is 31.0 Å². The molecule has 0 bridgehead atoms. The van der Waals surface area contributed by atoms with Crippen molar-refractivity contribution in [2.45, 2.75) is 25.4 Å². The first-order chi connectivity index (χ1) is 13.3. The molecule has 8 heteroatoms. The molecular weight excluding hydrogens is 380 g/mol. The van der Waals surface area contributed by atoms with Gasteiger partial charge in [0.25, 0.3) is 11.8 Å². The van der Waals surface area contributed by atoms with Crippen molar-refractivity contribution in [1.29, 1.82) is 0 Å². The number of amides is 4. The van der Waals surface area contributed by atoms with Gasteiger partial charge in [-0.25, -0.2) is 4.79 Å². The molecule has 0 unspecified atom stereocenters. The lowest BCUT2D eigenvalue weighted by atomic mass is 9.92. The SMILES string of the molecule is C[C@@H]([NH2+]CC(=O)NN1C(=O)N[C@@](C)(c2ccccc2)C1=O)c1ccc(Cl)cc1. The number of rotatable bonds is 6. The lowest BCUT2D eigenvalue weighted by molar-refractivity contribution is -0.682. The van der Waals surface area contributed by atoms with Crippen LogP contribution in [0.3, 0.4) is 0 Å². The van der Waals surface area contributed by atoms with Gasteiger partial charge in [0.2, 0.25) is 0 Å². The van der Waals surface area contributed by atoms with E-state index in [-0.39, 0.29) is 12.6 Å². The van der Waals surface area contributed by atoms with Crippen LogP contribution in [0.2, 0.25) is 5.02 Å². The first kappa shape index (κ1) is 19.9. The number of urea groups is 1. The first-order valence-corrected chi connectivity index (χ1v) is 9.29. The number of hydrogen-bond acceptors (Lipinski definition) is 3. The quantitative estimate of drug-likeness (QED) is 0.639. The summed E-state index contributed by atoms with van der Waals surface area (Å²) in [5, 5.41) is 5.85. The van der Waals surface area contributed by atoms with Crippen molar-refractivity contribution in [3.05, 3.63) is 70.7 Å². The van der Waals surface area contributed by atoms with E-state index in [1.807, 2.05) is 30.4 Å². The predicted molar refractivity (Wildman–Crippen MR) is 104 cm³/mol. The predicted octanol–water partition coefficient (Wildman–Crippen LogP) is 1.46. The van der Waals surface area contributed by atoms with Gasteiger partial charge in [0.05, 0.1) is 0 Å². The third-order valence-electron chi connectivity index (χ3n) is 4.83. The van der Waals surface area contributed by atoms with Crippen LogP contribution in [-0.2, 0) is 15.1 Å². The normalized spacial score (nSPS) is 20.0. The van der Waals surface area contributed by atoms with Crippen LogP contribution in [0.25, 0.3) is 0 Å². The Labute approximate surface area is 168 Å². The lowest BCUT2D eigenvalue weighted by Gasteiger charge is -2.22. The summed E-state index contributed by atoms with van der Waals surface area (Å²) >= 11 is 5.88. The minimum Gasteiger partial charge on any atom is -0.332 e. The Kier molecular flexibility index (Phi) is 5.67. The van der Waals surface area contributed by atoms with Crippen molar-refractivity contribution < 1.29 is 19.7 Å². The molecule has 28 heavy (non-hydrogen) atoms. The van der Waals surface area contributed by atoms with E-state index in [0.29, 0.717) is 10.6 Å². The summed E-state index contributed by atoms with van der Waals surface area (Å²) in [5.41, 5.74) is 2.85. The van der Waals surface area contributed by atoms with E-state index in [1.165, 1.54) is 0 Å². The number of benzene rings is 2. The molecule has 1 heterocycles. The van der Waals surface area contributed by atoms with E-state index >= 15 is 0 Å². The third-order valence-corrected chi connectivity index (χ3v) is 5.08. The monoisotopic (exact) mass is 401 g/mol. The summed E-state index contributed by atoms with van der Waals surface area (Å²) in [6, 6.07) is 15.6.